The van der Waals surface area contributed by atoms with Gasteiger partial charge in [-0.2, -0.15) is 0 Å². The molecule has 0 bridgehead atoms. The molecule has 1 aliphatic heterocycles. The summed E-state index contributed by atoms with van der Waals surface area (Å²) in [4.78, 5) is 26.0. The molecule has 1 saturated heterocycles. The second-order valence-electron chi connectivity index (χ2n) is 5.98. The van der Waals surface area contributed by atoms with Crippen molar-refractivity contribution >= 4 is 17.5 Å². The van der Waals surface area contributed by atoms with Crippen LogP contribution in [0, 0.1) is 0 Å². The van der Waals surface area contributed by atoms with E-state index in [2.05, 4.69) is 5.32 Å². The van der Waals surface area contributed by atoms with Crippen LogP contribution in [0.4, 0.5) is 5.69 Å². The van der Waals surface area contributed by atoms with Crippen molar-refractivity contribution in [3.63, 3.8) is 0 Å². The summed E-state index contributed by atoms with van der Waals surface area (Å²) in [5.74, 6) is 0.0195. The number of carbonyl (C=O) groups is 2. The molecule has 24 heavy (non-hydrogen) atoms. The molecule has 1 aliphatic rings. The Hall–Kier alpha value is -1.92. The van der Waals surface area contributed by atoms with E-state index in [1.807, 2.05) is 0 Å². The van der Waals surface area contributed by atoms with E-state index in [1.165, 1.54) is 0 Å². The number of unbranched alkanes of at least 4 members (excludes halogenated alkanes) is 3. The number of amides is 2. The summed E-state index contributed by atoms with van der Waals surface area (Å²) in [6, 6.07) is 7.07. The molecule has 1 aromatic rings. The minimum absolute atomic E-state index is 0.00926. The van der Waals surface area contributed by atoms with Crippen LogP contribution in [0.2, 0.25) is 0 Å². The summed E-state index contributed by atoms with van der Waals surface area (Å²) >= 11 is 0. The fourth-order valence-electron chi connectivity index (χ4n) is 2.65. The molecule has 0 unspecified atom stereocenters. The first-order valence-electron chi connectivity index (χ1n) is 8.67. The van der Waals surface area contributed by atoms with Crippen molar-refractivity contribution in [2.75, 3.05) is 38.2 Å². The molecular weight excluding hydrogens is 306 g/mol. The zero-order chi connectivity index (χ0) is 17.2. The molecule has 6 nitrogen and oxygen atoms in total. The normalized spacial score (nSPS) is 14.5. The van der Waals surface area contributed by atoms with E-state index in [4.69, 9.17) is 10.5 Å². The lowest BCUT2D eigenvalue weighted by molar-refractivity contribution is -0.116. The van der Waals surface area contributed by atoms with E-state index in [0.29, 0.717) is 44.8 Å². The van der Waals surface area contributed by atoms with Crippen molar-refractivity contribution in [2.45, 2.75) is 32.1 Å². The van der Waals surface area contributed by atoms with Gasteiger partial charge >= 0.3 is 0 Å². The van der Waals surface area contributed by atoms with Crippen LogP contribution in [0.3, 0.4) is 0 Å². The van der Waals surface area contributed by atoms with Crippen molar-refractivity contribution in [3.8, 4) is 0 Å². The van der Waals surface area contributed by atoms with Crippen LogP contribution in [-0.2, 0) is 9.53 Å². The van der Waals surface area contributed by atoms with Gasteiger partial charge in [-0.3, -0.25) is 9.59 Å². The number of rotatable bonds is 8. The van der Waals surface area contributed by atoms with E-state index in [0.717, 1.165) is 31.4 Å². The Morgan fingerprint density at radius 2 is 1.71 bits per heavy atom. The van der Waals surface area contributed by atoms with Crippen LogP contribution in [0.15, 0.2) is 24.3 Å². The quantitative estimate of drug-likeness (QED) is 0.713. The number of carbonyl (C=O) groups excluding carboxylic acids is 2. The van der Waals surface area contributed by atoms with Gasteiger partial charge in [0.2, 0.25) is 5.91 Å². The van der Waals surface area contributed by atoms with Crippen molar-refractivity contribution in [1.82, 2.24) is 4.90 Å². The Bertz CT molecular complexity index is 525. The number of nitrogens with one attached hydrogen (secondary N) is 1. The van der Waals surface area contributed by atoms with E-state index in [1.54, 1.807) is 29.2 Å². The van der Waals surface area contributed by atoms with Crippen LogP contribution in [0.5, 0.6) is 0 Å². The molecular formula is C18H27N3O3. The highest BCUT2D eigenvalue weighted by Gasteiger charge is 2.18. The van der Waals surface area contributed by atoms with Gasteiger partial charge < -0.3 is 20.7 Å². The van der Waals surface area contributed by atoms with Gasteiger partial charge in [-0.25, -0.2) is 0 Å². The third-order valence-corrected chi connectivity index (χ3v) is 4.07. The van der Waals surface area contributed by atoms with Crippen molar-refractivity contribution in [2.24, 2.45) is 5.73 Å². The second kappa shape index (κ2) is 10.1. The predicted octanol–water partition coefficient (Wildman–Crippen LogP) is 2.01. The minimum Gasteiger partial charge on any atom is -0.378 e. The molecule has 2 rings (SSSR count). The molecule has 6 heteroatoms. The molecule has 0 saturated carbocycles. The molecule has 0 spiro atoms. The summed E-state index contributed by atoms with van der Waals surface area (Å²) in [6.45, 7) is 3.14. The van der Waals surface area contributed by atoms with E-state index in [-0.39, 0.29) is 11.8 Å². The molecule has 132 valence electrons. The average molecular weight is 333 g/mol. The van der Waals surface area contributed by atoms with E-state index in [9.17, 15) is 9.59 Å². The summed E-state index contributed by atoms with van der Waals surface area (Å²) in [7, 11) is 0. The predicted molar refractivity (Wildman–Crippen MR) is 93.9 cm³/mol. The molecule has 0 aliphatic carbocycles. The Morgan fingerprint density at radius 1 is 1.04 bits per heavy atom. The van der Waals surface area contributed by atoms with Gasteiger partial charge in [-0.05, 0) is 43.7 Å². The van der Waals surface area contributed by atoms with Crippen LogP contribution in [-0.4, -0.2) is 49.6 Å². The first-order chi connectivity index (χ1) is 11.7. The number of anilines is 1. The van der Waals surface area contributed by atoms with Gasteiger partial charge in [0.15, 0.2) is 0 Å². The number of hydrogen-bond acceptors (Lipinski definition) is 4. The van der Waals surface area contributed by atoms with Crippen LogP contribution >= 0.6 is 0 Å². The lowest BCUT2D eigenvalue weighted by Gasteiger charge is -2.26. The summed E-state index contributed by atoms with van der Waals surface area (Å²) in [5, 5.41) is 2.87. The maximum Gasteiger partial charge on any atom is 0.254 e. The van der Waals surface area contributed by atoms with Gasteiger partial charge in [0.25, 0.3) is 5.91 Å². The third-order valence-electron chi connectivity index (χ3n) is 4.07. The lowest BCUT2D eigenvalue weighted by Crippen LogP contribution is -2.40. The molecule has 1 fully saturated rings. The topological polar surface area (TPSA) is 84.7 Å². The van der Waals surface area contributed by atoms with Gasteiger partial charge in [0.05, 0.1) is 13.2 Å². The van der Waals surface area contributed by atoms with E-state index < -0.39 is 0 Å². The number of ether oxygens (including phenoxy) is 1. The smallest absolute Gasteiger partial charge is 0.254 e. The minimum atomic E-state index is 0.00926. The summed E-state index contributed by atoms with van der Waals surface area (Å²) < 4.78 is 5.25. The summed E-state index contributed by atoms with van der Waals surface area (Å²) in [6.07, 6.45) is 4.50. The third kappa shape index (κ3) is 5.94. The number of nitrogens with two attached hydrogens (primary N) is 1. The number of benzene rings is 1. The molecule has 3 N–H and O–H groups in total. The maximum atomic E-state index is 12.3. The van der Waals surface area contributed by atoms with Gasteiger partial charge in [0.1, 0.15) is 0 Å². The molecule has 1 heterocycles. The fraction of sp³-hybridized carbons (Fsp3) is 0.556. The zero-order valence-corrected chi connectivity index (χ0v) is 14.1. The molecule has 0 atom stereocenters. The Kier molecular flexibility index (Phi) is 7.71. The highest BCUT2D eigenvalue weighted by atomic mass is 16.5. The standard InChI is InChI=1S/C18H27N3O3/c19-10-4-2-1-3-5-17(22)20-16-8-6-15(7-9-16)18(23)21-11-13-24-14-12-21/h6-9H,1-5,10-14,19H2,(H,20,22). The molecule has 0 radical (unpaired) electrons. The molecule has 0 aromatic heterocycles. The largest absolute Gasteiger partial charge is 0.378 e. The van der Waals surface area contributed by atoms with Crippen LogP contribution < -0.4 is 11.1 Å². The Labute approximate surface area is 143 Å². The fourth-order valence-corrected chi connectivity index (χ4v) is 2.65. The highest BCUT2D eigenvalue weighted by Crippen LogP contribution is 2.13. The first-order valence-corrected chi connectivity index (χ1v) is 8.67. The van der Waals surface area contributed by atoms with Crippen LogP contribution in [0.25, 0.3) is 0 Å². The maximum absolute atomic E-state index is 12.3. The zero-order valence-electron chi connectivity index (χ0n) is 14.1. The second-order valence-corrected chi connectivity index (χ2v) is 5.98. The number of hydrogen-bond donors (Lipinski definition) is 2. The van der Waals surface area contributed by atoms with Crippen molar-refractivity contribution in [3.05, 3.63) is 29.8 Å². The van der Waals surface area contributed by atoms with Crippen LogP contribution in [0.1, 0.15) is 42.5 Å². The highest BCUT2D eigenvalue weighted by molar-refractivity contribution is 5.95. The first kappa shape index (κ1) is 18.4. The monoisotopic (exact) mass is 333 g/mol. The van der Waals surface area contributed by atoms with E-state index >= 15 is 0 Å². The van der Waals surface area contributed by atoms with Crippen molar-refractivity contribution in [1.29, 1.82) is 0 Å². The van der Waals surface area contributed by atoms with Gasteiger partial charge in [0, 0.05) is 30.8 Å². The lowest BCUT2D eigenvalue weighted by atomic mass is 10.1. The van der Waals surface area contributed by atoms with Gasteiger partial charge in [-0.15, -0.1) is 0 Å². The Morgan fingerprint density at radius 3 is 2.38 bits per heavy atom. The number of morpholine rings is 1. The van der Waals surface area contributed by atoms with Crippen molar-refractivity contribution < 1.29 is 14.3 Å². The summed E-state index contributed by atoms with van der Waals surface area (Å²) in [5.41, 5.74) is 6.80. The average Bonchev–Trinajstić information content (AvgIpc) is 2.62. The molecule has 1 aromatic carbocycles. The molecule has 2 amide bonds. The SMILES string of the molecule is NCCCCCCC(=O)Nc1ccc(C(=O)N2CCOCC2)cc1. The van der Waals surface area contributed by atoms with Gasteiger partial charge in [-0.1, -0.05) is 12.8 Å². The number of nitrogens with zero attached hydrogens (tertiary/aromatic N) is 1. The Balaban J connectivity index is 1.76.